The molecule has 0 radical (unpaired) electrons. The molecule has 21 heavy (non-hydrogen) atoms. The number of amides is 2. The van der Waals surface area contributed by atoms with Gasteiger partial charge in [-0.15, -0.1) is 0 Å². The maximum Gasteiger partial charge on any atom is 0.326 e. The minimum absolute atomic E-state index is 0.0883. The molecule has 0 aromatic rings. The molecule has 2 unspecified atom stereocenters. The molecule has 10 N–H and O–H groups in total. The number of hydrogen-bond donors (Lipinski definition) is 7. The number of nitrogens with two attached hydrogens (primary N) is 3. The summed E-state index contributed by atoms with van der Waals surface area (Å²) in [6, 6.07) is -2.08. The molecule has 10 heteroatoms. The van der Waals surface area contributed by atoms with Crippen molar-refractivity contribution in [3.05, 3.63) is 0 Å². The minimum Gasteiger partial charge on any atom is -0.480 e. The molecule has 0 aromatic carbocycles. The van der Waals surface area contributed by atoms with E-state index in [9.17, 15) is 14.4 Å². The van der Waals surface area contributed by atoms with E-state index in [-0.39, 0.29) is 18.8 Å². The molecule has 2 amide bonds. The third-order valence-electron chi connectivity index (χ3n) is 2.64. The zero-order valence-corrected chi connectivity index (χ0v) is 11.6. The quantitative estimate of drug-likeness (QED) is 0.130. The number of rotatable bonds is 10. The first kappa shape index (κ1) is 18.6. The number of aliphatic carboxylic acids is 1. The Morgan fingerprint density at radius 2 is 1.81 bits per heavy atom. The normalized spacial score (nSPS) is 13.0. The van der Waals surface area contributed by atoms with Crippen LogP contribution in [0, 0.1) is 5.41 Å². The van der Waals surface area contributed by atoms with E-state index in [4.69, 9.17) is 27.7 Å². The monoisotopic (exact) mass is 302 g/mol. The Balaban J connectivity index is 4.18. The third-order valence-corrected chi connectivity index (χ3v) is 2.64. The van der Waals surface area contributed by atoms with Crippen molar-refractivity contribution in [3.8, 4) is 0 Å². The summed E-state index contributed by atoms with van der Waals surface area (Å²) in [4.78, 5) is 33.3. The van der Waals surface area contributed by atoms with E-state index >= 15 is 0 Å². The van der Waals surface area contributed by atoms with E-state index in [1.54, 1.807) is 0 Å². The number of primary amides is 1. The molecule has 0 bridgehead atoms. The highest BCUT2D eigenvalue weighted by atomic mass is 16.4. The molecule has 0 aromatic heterocycles. The maximum atomic E-state index is 11.7. The second-order valence-electron chi connectivity index (χ2n) is 4.49. The standard InChI is InChI=1S/C11H22N6O4/c12-6(2-1-5-16-11(14)15)9(19)17-7(10(20)21)3-4-8(13)18/h6-7H,1-5,12H2,(H2,13,18)(H,17,19)(H,20,21)(H4,14,15,16). The van der Waals surface area contributed by atoms with Crippen LogP contribution < -0.4 is 27.8 Å². The van der Waals surface area contributed by atoms with Crippen LogP contribution in [-0.4, -0.2) is 47.5 Å². The van der Waals surface area contributed by atoms with Crippen LogP contribution in [0.5, 0.6) is 0 Å². The third kappa shape index (κ3) is 9.21. The SMILES string of the molecule is N=C(N)NCCCC(N)C(=O)NC(CCC(N)=O)C(=O)O. The first-order valence-electron chi connectivity index (χ1n) is 6.39. The summed E-state index contributed by atoms with van der Waals surface area (Å²) in [5.74, 6) is -2.69. The van der Waals surface area contributed by atoms with Gasteiger partial charge in [-0.1, -0.05) is 0 Å². The predicted octanol–water partition coefficient (Wildman–Crippen LogP) is -2.59. The first-order chi connectivity index (χ1) is 9.73. The molecular weight excluding hydrogens is 280 g/mol. The van der Waals surface area contributed by atoms with Gasteiger partial charge >= 0.3 is 5.97 Å². The molecule has 0 fully saturated rings. The van der Waals surface area contributed by atoms with E-state index in [0.29, 0.717) is 19.4 Å². The van der Waals surface area contributed by atoms with Crippen LogP contribution >= 0.6 is 0 Å². The minimum atomic E-state index is -1.25. The Labute approximate surface area is 121 Å². The predicted molar refractivity (Wildman–Crippen MR) is 75.1 cm³/mol. The van der Waals surface area contributed by atoms with Crippen LogP contribution in [0.4, 0.5) is 0 Å². The first-order valence-corrected chi connectivity index (χ1v) is 6.39. The van der Waals surface area contributed by atoms with Gasteiger partial charge in [-0.25, -0.2) is 4.79 Å². The van der Waals surface area contributed by atoms with Gasteiger partial charge in [0.1, 0.15) is 6.04 Å². The van der Waals surface area contributed by atoms with Gasteiger partial charge in [0.2, 0.25) is 11.8 Å². The summed E-state index contributed by atoms with van der Waals surface area (Å²) in [7, 11) is 0. The molecule has 0 aliphatic heterocycles. The van der Waals surface area contributed by atoms with Crippen molar-refractivity contribution in [1.82, 2.24) is 10.6 Å². The highest BCUT2D eigenvalue weighted by Gasteiger charge is 2.23. The number of carboxylic acid groups (broad SMARTS) is 1. The van der Waals surface area contributed by atoms with Gasteiger partial charge in [-0.3, -0.25) is 15.0 Å². The molecular formula is C11H22N6O4. The van der Waals surface area contributed by atoms with Crippen LogP contribution in [0.25, 0.3) is 0 Å². The topological polar surface area (TPSA) is 197 Å². The van der Waals surface area contributed by atoms with E-state index < -0.39 is 29.9 Å². The second kappa shape index (κ2) is 9.53. The van der Waals surface area contributed by atoms with E-state index in [2.05, 4.69) is 10.6 Å². The number of nitrogens with one attached hydrogen (secondary N) is 3. The Morgan fingerprint density at radius 3 is 2.29 bits per heavy atom. The Morgan fingerprint density at radius 1 is 1.19 bits per heavy atom. The van der Waals surface area contributed by atoms with Gasteiger partial charge in [0, 0.05) is 13.0 Å². The Hall–Kier alpha value is -2.36. The van der Waals surface area contributed by atoms with Crippen molar-refractivity contribution in [3.63, 3.8) is 0 Å². The fraction of sp³-hybridized carbons (Fsp3) is 0.636. The zero-order chi connectivity index (χ0) is 16.4. The number of carbonyl (C=O) groups excluding carboxylic acids is 2. The van der Waals surface area contributed by atoms with Gasteiger partial charge in [-0.2, -0.15) is 0 Å². The average Bonchev–Trinajstić information content (AvgIpc) is 2.38. The highest BCUT2D eigenvalue weighted by Crippen LogP contribution is 2.00. The summed E-state index contributed by atoms with van der Waals surface area (Å²) < 4.78 is 0. The lowest BCUT2D eigenvalue weighted by Gasteiger charge is -2.17. The number of carbonyl (C=O) groups is 3. The van der Waals surface area contributed by atoms with Crippen molar-refractivity contribution >= 4 is 23.7 Å². The molecule has 0 rings (SSSR count). The summed E-state index contributed by atoms with van der Waals surface area (Å²) in [6.07, 6.45) is 0.561. The zero-order valence-electron chi connectivity index (χ0n) is 11.6. The highest BCUT2D eigenvalue weighted by molar-refractivity contribution is 5.87. The Kier molecular flexibility index (Phi) is 8.46. The fourth-order valence-corrected chi connectivity index (χ4v) is 1.50. The molecule has 0 saturated carbocycles. The lowest BCUT2D eigenvalue weighted by Crippen LogP contribution is -2.48. The summed E-state index contributed by atoms with van der Waals surface area (Å²) >= 11 is 0. The van der Waals surface area contributed by atoms with E-state index in [1.165, 1.54) is 0 Å². The van der Waals surface area contributed by atoms with Gasteiger partial charge in [0.25, 0.3) is 0 Å². The number of guanidine groups is 1. The molecule has 0 aliphatic carbocycles. The molecule has 10 nitrogen and oxygen atoms in total. The fourth-order valence-electron chi connectivity index (χ4n) is 1.50. The molecule has 0 saturated heterocycles. The van der Waals surface area contributed by atoms with E-state index in [1.807, 2.05) is 0 Å². The smallest absolute Gasteiger partial charge is 0.326 e. The van der Waals surface area contributed by atoms with Crippen molar-refractivity contribution in [2.45, 2.75) is 37.8 Å². The van der Waals surface area contributed by atoms with Gasteiger partial charge in [0.05, 0.1) is 6.04 Å². The molecule has 0 heterocycles. The van der Waals surface area contributed by atoms with Crippen molar-refractivity contribution in [2.24, 2.45) is 17.2 Å². The van der Waals surface area contributed by atoms with Crippen molar-refractivity contribution in [1.29, 1.82) is 5.41 Å². The lowest BCUT2D eigenvalue weighted by atomic mass is 10.1. The number of hydrogen-bond acceptors (Lipinski definition) is 5. The number of carboxylic acids is 1. The van der Waals surface area contributed by atoms with Crippen LogP contribution in [-0.2, 0) is 14.4 Å². The molecule has 0 aliphatic rings. The van der Waals surface area contributed by atoms with Gasteiger partial charge < -0.3 is 32.9 Å². The van der Waals surface area contributed by atoms with Crippen molar-refractivity contribution in [2.75, 3.05) is 6.54 Å². The molecule has 120 valence electrons. The molecule has 0 spiro atoms. The second-order valence-corrected chi connectivity index (χ2v) is 4.49. The summed E-state index contributed by atoms with van der Waals surface area (Å²) in [6.45, 7) is 0.389. The Bertz CT molecular complexity index is 400. The lowest BCUT2D eigenvalue weighted by molar-refractivity contribution is -0.142. The summed E-state index contributed by atoms with van der Waals surface area (Å²) in [5.41, 5.74) is 15.6. The van der Waals surface area contributed by atoms with Crippen LogP contribution in [0.15, 0.2) is 0 Å². The van der Waals surface area contributed by atoms with Crippen LogP contribution in [0.1, 0.15) is 25.7 Å². The summed E-state index contributed by atoms with van der Waals surface area (Å²) in [5, 5.41) is 20.7. The largest absolute Gasteiger partial charge is 0.480 e. The maximum absolute atomic E-state index is 11.7. The van der Waals surface area contributed by atoms with Crippen molar-refractivity contribution < 1.29 is 19.5 Å². The average molecular weight is 302 g/mol. The van der Waals surface area contributed by atoms with Crippen LogP contribution in [0.2, 0.25) is 0 Å². The molecule has 2 atom stereocenters. The van der Waals surface area contributed by atoms with Crippen LogP contribution in [0.3, 0.4) is 0 Å². The van der Waals surface area contributed by atoms with E-state index in [0.717, 1.165) is 0 Å². The van der Waals surface area contributed by atoms with Gasteiger partial charge in [0.15, 0.2) is 5.96 Å². The van der Waals surface area contributed by atoms with Gasteiger partial charge in [-0.05, 0) is 19.3 Å².